The average Bonchev–Trinajstić information content (AvgIpc) is 2.71. The van der Waals surface area contributed by atoms with Crippen LogP contribution in [-0.2, 0) is 5.54 Å². The number of benzene rings is 1. The number of anilines is 1. The Morgan fingerprint density at radius 1 is 1.26 bits per heavy atom. The molecule has 0 atom stereocenters. The number of hydrogen-bond donors (Lipinski definition) is 1. The van der Waals surface area contributed by atoms with Crippen LogP contribution in [0.4, 0.5) is 11.4 Å². The number of hydrogen-bond acceptors (Lipinski definition) is 4. The zero-order chi connectivity index (χ0) is 14.2. The minimum atomic E-state index is -0.430. The summed E-state index contributed by atoms with van der Waals surface area (Å²) in [4.78, 5) is 10.2. The van der Waals surface area contributed by atoms with Crippen molar-refractivity contribution in [3.8, 4) is 11.3 Å². The molecule has 0 saturated heterocycles. The van der Waals surface area contributed by atoms with Gasteiger partial charge in [0, 0.05) is 23.9 Å². The van der Waals surface area contributed by atoms with Crippen molar-refractivity contribution in [1.29, 1.82) is 0 Å². The summed E-state index contributed by atoms with van der Waals surface area (Å²) in [5, 5.41) is 15.1. The van der Waals surface area contributed by atoms with Gasteiger partial charge in [-0.25, -0.2) is 0 Å². The Labute approximate surface area is 111 Å². The zero-order valence-corrected chi connectivity index (χ0v) is 11.1. The minimum absolute atomic E-state index is 0.0533. The van der Waals surface area contributed by atoms with Gasteiger partial charge in [-0.15, -0.1) is 0 Å². The molecule has 0 bridgehead atoms. The summed E-state index contributed by atoms with van der Waals surface area (Å²) < 4.78 is 1.79. The van der Waals surface area contributed by atoms with Crippen molar-refractivity contribution in [2.24, 2.45) is 0 Å². The van der Waals surface area contributed by atoms with Crippen LogP contribution in [0.2, 0.25) is 0 Å². The molecule has 1 aromatic carbocycles. The number of nitrogens with zero attached hydrogens (tertiary/aromatic N) is 3. The maximum Gasteiger partial charge on any atom is 0.269 e. The van der Waals surface area contributed by atoms with Crippen LogP contribution in [0.25, 0.3) is 11.3 Å². The van der Waals surface area contributed by atoms with E-state index in [1.807, 2.05) is 20.8 Å². The number of nitrogen functional groups attached to an aromatic ring is 1. The quantitative estimate of drug-likeness (QED) is 0.664. The van der Waals surface area contributed by atoms with E-state index >= 15 is 0 Å². The fourth-order valence-corrected chi connectivity index (χ4v) is 1.70. The third-order valence-electron chi connectivity index (χ3n) is 2.78. The molecule has 0 fully saturated rings. The normalized spacial score (nSPS) is 11.5. The molecule has 0 aliphatic carbocycles. The summed E-state index contributed by atoms with van der Waals surface area (Å²) in [6.45, 7) is 6.08. The number of nitro groups is 1. The molecule has 0 radical (unpaired) electrons. The fraction of sp³-hybridized carbons (Fsp3) is 0.308. The molecular weight excluding hydrogens is 244 g/mol. The molecule has 0 unspecified atom stereocenters. The standard InChI is InChI=1S/C13H16N4O2/c1-13(2,3)16-8-11(14)12(15-16)9-4-6-10(7-5-9)17(18)19/h4-8H,14H2,1-3H3. The number of nitrogens with two attached hydrogens (primary N) is 1. The molecule has 0 spiro atoms. The monoisotopic (exact) mass is 260 g/mol. The Morgan fingerprint density at radius 2 is 1.84 bits per heavy atom. The number of aromatic nitrogens is 2. The van der Waals surface area contributed by atoms with Gasteiger partial charge in [0.2, 0.25) is 0 Å². The minimum Gasteiger partial charge on any atom is -0.396 e. The van der Waals surface area contributed by atoms with Crippen molar-refractivity contribution < 1.29 is 4.92 Å². The largest absolute Gasteiger partial charge is 0.396 e. The summed E-state index contributed by atoms with van der Waals surface area (Å²) in [6.07, 6.45) is 1.77. The predicted molar refractivity (Wildman–Crippen MR) is 73.7 cm³/mol. The Morgan fingerprint density at radius 3 is 2.26 bits per heavy atom. The van der Waals surface area contributed by atoms with Crippen molar-refractivity contribution in [1.82, 2.24) is 9.78 Å². The van der Waals surface area contributed by atoms with Crippen molar-refractivity contribution in [3.63, 3.8) is 0 Å². The van der Waals surface area contributed by atoms with Crippen LogP contribution >= 0.6 is 0 Å². The molecule has 100 valence electrons. The van der Waals surface area contributed by atoms with E-state index in [4.69, 9.17) is 5.73 Å². The predicted octanol–water partition coefficient (Wildman–Crippen LogP) is 2.80. The lowest BCUT2D eigenvalue weighted by Gasteiger charge is -2.18. The molecule has 6 heteroatoms. The van der Waals surface area contributed by atoms with E-state index in [0.29, 0.717) is 11.4 Å². The number of nitro benzene ring substituents is 1. The Kier molecular flexibility index (Phi) is 3.01. The molecule has 19 heavy (non-hydrogen) atoms. The van der Waals surface area contributed by atoms with E-state index in [1.165, 1.54) is 12.1 Å². The van der Waals surface area contributed by atoms with Gasteiger partial charge in [-0.1, -0.05) is 0 Å². The number of rotatable bonds is 2. The average molecular weight is 260 g/mol. The van der Waals surface area contributed by atoms with Gasteiger partial charge < -0.3 is 5.73 Å². The zero-order valence-electron chi connectivity index (χ0n) is 11.1. The Hall–Kier alpha value is -2.37. The highest BCUT2D eigenvalue weighted by Crippen LogP contribution is 2.28. The molecule has 6 nitrogen and oxygen atoms in total. The van der Waals surface area contributed by atoms with Crippen LogP contribution < -0.4 is 5.73 Å². The Bertz CT molecular complexity index is 609. The van der Waals surface area contributed by atoms with Crippen molar-refractivity contribution in [3.05, 3.63) is 40.6 Å². The lowest BCUT2D eigenvalue weighted by Crippen LogP contribution is -2.22. The second-order valence-electron chi connectivity index (χ2n) is 5.35. The van der Waals surface area contributed by atoms with E-state index < -0.39 is 4.92 Å². The SMILES string of the molecule is CC(C)(C)n1cc(N)c(-c2ccc([N+](=O)[O-])cc2)n1. The summed E-state index contributed by atoms with van der Waals surface area (Å²) >= 11 is 0. The van der Waals surface area contributed by atoms with Crippen LogP contribution in [0.3, 0.4) is 0 Å². The lowest BCUT2D eigenvalue weighted by atomic mass is 10.1. The second kappa shape index (κ2) is 4.38. The fourth-order valence-electron chi connectivity index (χ4n) is 1.70. The highest BCUT2D eigenvalue weighted by Gasteiger charge is 2.18. The molecular formula is C13H16N4O2. The molecule has 0 aliphatic rings. The van der Waals surface area contributed by atoms with Gasteiger partial charge in [0.1, 0.15) is 5.69 Å². The molecule has 2 aromatic rings. The highest BCUT2D eigenvalue weighted by molar-refractivity contribution is 5.72. The third kappa shape index (κ3) is 2.57. The second-order valence-corrected chi connectivity index (χ2v) is 5.35. The smallest absolute Gasteiger partial charge is 0.269 e. The van der Waals surface area contributed by atoms with E-state index in [1.54, 1.807) is 23.0 Å². The highest BCUT2D eigenvalue weighted by atomic mass is 16.6. The van der Waals surface area contributed by atoms with Crippen LogP contribution in [0.5, 0.6) is 0 Å². The topological polar surface area (TPSA) is 87.0 Å². The first kappa shape index (κ1) is 13.1. The molecule has 1 heterocycles. The molecule has 2 rings (SSSR count). The van der Waals surface area contributed by atoms with Gasteiger partial charge in [-0.2, -0.15) is 5.10 Å². The molecule has 2 N–H and O–H groups in total. The van der Waals surface area contributed by atoms with Crippen LogP contribution in [0.15, 0.2) is 30.5 Å². The van der Waals surface area contributed by atoms with Crippen molar-refractivity contribution >= 4 is 11.4 Å². The van der Waals surface area contributed by atoms with Gasteiger partial charge in [0.15, 0.2) is 0 Å². The van der Waals surface area contributed by atoms with E-state index in [0.717, 1.165) is 5.56 Å². The first-order chi connectivity index (χ1) is 8.79. The summed E-state index contributed by atoms with van der Waals surface area (Å²) in [7, 11) is 0. The van der Waals surface area contributed by atoms with Gasteiger partial charge in [-0.05, 0) is 32.9 Å². The van der Waals surface area contributed by atoms with Gasteiger partial charge in [-0.3, -0.25) is 14.8 Å². The molecule has 0 saturated carbocycles. The van der Waals surface area contributed by atoms with Crippen LogP contribution in [0.1, 0.15) is 20.8 Å². The van der Waals surface area contributed by atoms with Crippen molar-refractivity contribution in [2.75, 3.05) is 5.73 Å². The van der Waals surface area contributed by atoms with Gasteiger partial charge >= 0.3 is 0 Å². The van der Waals surface area contributed by atoms with E-state index in [9.17, 15) is 10.1 Å². The molecule has 1 aromatic heterocycles. The summed E-state index contributed by atoms with van der Waals surface area (Å²) in [5.74, 6) is 0. The van der Waals surface area contributed by atoms with Crippen LogP contribution in [0, 0.1) is 10.1 Å². The van der Waals surface area contributed by atoms with E-state index in [-0.39, 0.29) is 11.2 Å². The van der Waals surface area contributed by atoms with Crippen molar-refractivity contribution in [2.45, 2.75) is 26.3 Å². The molecule has 0 amide bonds. The maximum absolute atomic E-state index is 10.6. The van der Waals surface area contributed by atoms with Gasteiger partial charge in [0.05, 0.1) is 16.1 Å². The maximum atomic E-state index is 10.6. The Balaban J connectivity index is 2.42. The molecule has 0 aliphatic heterocycles. The third-order valence-corrected chi connectivity index (χ3v) is 2.78. The number of non-ortho nitro benzene ring substituents is 1. The van der Waals surface area contributed by atoms with Crippen LogP contribution in [-0.4, -0.2) is 14.7 Å². The van der Waals surface area contributed by atoms with E-state index in [2.05, 4.69) is 5.10 Å². The first-order valence-electron chi connectivity index (χ1n) is 5.89. The summed E-state index contributed by atoms with van der Waals surface area (Å²) in [6, 6.07) is 6.21. The summed E-state index contributed by atoms with van der Waals surface area (Å²) in [5.41, 5.74) is 7.82. The van der Waals surface area contributed by atoms with Gasteiger partial charge in [0.25, 0.3) is 5.69 Å². The first-order valence-corrected chi connectivity index (χ1v) is 5.89. The lowest BCUT2D eigenvalue weighted by molar-refractivity contribution is -0.384.